The van der Waals surface area contributed by atoms with Crippen molar-refractivity contribution in [1.29, 1.82) is 0 Å². The van der Waals surface area contributed by atoms with E-state index in [0.29, 0.717) is 0 Å². The number of rotatable bonds is 1. The summed E-state index contributed by atoms with van der Waals surface area (Å²) < 4.78 is 5.04. The number of benzene rings is 1. The molecule has 0 spiro atoms. The predicted molar refractivity (Wildman–Crippen MR) is 46.3 cm³/mol. The largest absolute Gasteiger partial charge is 0.147 e. The second-order valence-electron chi connectivity index (χ2n) is 1.87. The molecule has 61 valence electrons. The Labute approximate surface area is 91.2 Å². The van der Waals surface area contributed by atoms with E-state index in [2.05, 4.69) is 0 Å². The molecule has 1 aromatic rings. The smallest absolute Gasteiger partial charge is 0.147 e. The summed E-state index contributed by atoms with van der Waals surface area (Å²) >= 11 is 1.68. The maximum atomic E-state index is 5.04. The minimum atomic E-state index is 0. The summed E-state index contributed by atoms with van der Waals surface area (Å²) in [4.78, 5) is 0. The van der Waals surface area contributed by atoms with E-state index in [0.717, 1.165) is 5.75 Å². The van der Waals surface area contributed by atoms with Crippen LogP contribution in [-0.4, -0.2) is 0 Å². The molecule has 0 unspecified atom stereocenters. The average molecular weight is 228 g/mol. The quantitative estimate of drug-likeness (QED) is 0.671. The molecule has 0 N–H and O–H groups in total. The van der Waals surface area contributed by atoms with E-state index in [1.54, 1.807) is 20.8 Å². The topological polar surface area (TPSA) is 9.23 Å². The van der Waals surface area contributed by atoms with Crippen LogP contribution in [0.15, 0.2) is 24.3 Å². The van der Waals surface area contributed by atoms with E-state index >= 15 is 0 Å². The first-order valence-corrected chi connectivity index (χ1v) is 3.37. The number of aryl methyl sites for hydroxylation is 1. The zero-order valence-electron chi connectivity index (χ0n) is 6.03. The summed E-state index contributed by atoms with van der Waals surface area (Å²) in [7, 11) is 0. The fourth-order valence-corrected chi connectivity index (χ4v) is 1.03. The van der Waals surface area contributed by atoms with E-state index in [1.807, 2.05) is 31.2 Å². The molecular formula is C7H9Cl2OTi. The Morgan fingerprint density at radius 3 is 2.09 bits per heavy atom. The van der Waals surface area contributed by atoms with Crippen molar-refractivity contribution in [2.24, 2.45) is 0 Å². The van der Waals surface area contributed by atoms with Gasteiger partial charge in [-0.3, -0.25) is 0 Å². The van der Waals surface area contributed by atoms with Crippen LogP contribution in [0, 0.1) is 6.92 Å². The van der Waals surface area contributed by atoms with Crippen molar-refractivity contribution in [2.75, 3.05) is 0 Å². The van der Waals surface area contributed by atoms with Crippen LogP contribution in [0.5, 0.6) is 5.75 Å². The minimum absolute atomic E-state index is 0. The Morgan fingerprint density at radius 1 is 1.18 bits per heavy atom. The van der Waals surface area contributed by atoms with E-state index in [4.69, 9.17) is 3.32 Å². The molecule has 1 aromatic carbocycles. The van der Waals surface area contributed by atoms with Crippen molar-refractivity contribution in [1.82, 2.24) is 0 Å². The van der Waals surface area contributed by atoms with E-state index in [-0.39, 0.29) is 24.8 Å². The first-order chi connectivity index (χ1) is 4.34. The van der Waals surface area contributed by atoms with Crippen molar-refractivity contribution >= 4 is 24.8 Å². The van der Waals surface area contributed by atoms with Crippen LogP contribution in [0.1, 0.15) is 5.56 Å². The number of hydrogen-bond donors (Lipinski definition) is 0. The Hall–Kier alpha value is 0.314. The number of para-hydroxylation sites is 1. The van der Waals surface area contributed by atoms with Crippen LogP contribution in [0.2, 0.25) is 0 Å². The van der Waals surface area contributed by atoms with Gasteiger partial charge >= 0.3 is 66.6 Å². The van der Waals surface area contributed by atoms with Gasteiger partial charge < -0.3 is 0 Å². The molecule has 0 atom stereocenters. The van der Waals surface area contributed by atoms with Gasteiger partial charge in [-0.2, -0.15) is 0 Å². The molecule has 1 rings (SSSR count). The fourth-order valence-electron chi connectivity index (χ4n) is 0.671. The molecule has 0 aliphatic rings. The molecule has 0 aliphatic carbocycles. The molecule has 0 aliphatic heterocycles. The van der Waals surface area contributed by atoms with Gasteiger partial charge in [0.2, 0.25) is 0 Å². The van der Waals surface area contributed by atoms with E-state index in [1.165, 1.54) is 5.56 Å². The third-order valence-electron chi connectivity index (χ3n) is 1.20. The maximum Gasteiger partial charge on any atom is -0.147 e. The zero-order chi connectivity index (χ0) is 6.69. The van der Waals surface area contributed by atoms with Gasteiger partial charge in [0.1, 0.15) is 0 Å². The first kappa shape index (κ1) is 13.9. The minimum Gasteiger partial charge on any atom is -0.147 e. The first-order valence-electron chi connectivity index (χ1n) is 2.74. The monoisotopic (exact) mass is 227 g/mol. The molecule has 0 amide bonds. The van der Waals surface area contributed by atoms with Crippen LogP contribution in [-0.2, 0) is 20.8 Å². The van der Waals surface area contributed by atoms with Crippen LogP contribution >= 0.6 is 24.8 Å². The molecule has 0 aromatic heterocycles. The van der Waals surface area contributed by atoms with Crippen molar-refractivity contribution < 1.29 is 24.1 Å². The second kappa shape index (κ2) is 6.99. The average Bonchev–Trinajstić information content (AvgIpc) is 1.89. The normalized spacial score (nSPS) is 7.27. The third kappa shape index (κ3) is 4.02. The Morgan fingerprint density at radius 2 is 1.73 bits per heavy atom. The van der Waals surface area contributed by atoms with Gasteiger partial charge in [-0.05, 0) is 0 Å². The van der Waals surface area contributed by atoms with E-state index in [9.17, 15) is 0 Å². The van der Waals surface area contributed by atoms with Gasteiger partial charge in [0.25, 0.3) is 0 Å². The van der Waals surface area contributed by atoms with Crippen LogP contribution in [0.3, 0.4) is 0 Å². The number of hydrogen-bond acceptors (Lipinski definition) is 1. The predicted octanol–water partition coefficient (Wildman–Crippen LogP) is 2.68. The summed E-state index contributed by atoms with van der Waals surface area (Å²) in [6.07, 6.45) is 0. The molecule has 4 heteroatoms. The second-order valence-corrected chi connectivity index (χ2v) is 2.19. The molecule has 11 heavy (non-hydrogen) atoms. The third-order valence-corrected chi connectivity index (χ3v) is 1.55. The summed E-state index contributed by atoms with van der Waals surface area (Å²) in [5.74, 6) is 0.956. The van der Waals surface area contributed by atoms with Gasteiger partial charge in [-0.1, -0.05) is 0 Å². The van der Waals surface area contributed by atoms with Gasteiger partial charge in [-0.25, -0.2) is 0 Å². The molecule has 1 nitrogen and oxygen atoms in total. The van der Waals surface area contributed by atoms with Crippen LogP contribution < -0.4 is 3.32 Å². The Kier molecular flexibility index (Phi) is 8.82. The van der Waals surface area contributed by atoms with Gasteiger partial charge in [0.15, 0.2) is 0 Å². The molecule has 0 saturated carbocycles. The Balaban J connectivity index is 0. The van der Waals surface area contributed by atoms with Crippen molar-refractivity contribution in [3.63, 3.8) is 0 Å². The van der Waals surface area contributed by atoms with Gasteiger partial charge in [0.05, 0.1) is 0 Å². The molecule has 0 fully saturated rings. The number of halogens is 2. The Bertz CT molecular complexity index is 205. The molecule has 0 radical (unpaired) electrons. The molecule has 0 saturated heterocycles. The standard InChI is InChI=1S/C7H8O.2ClH.Ti/c1-6-4-2-3-5-7(6)8;;;/h2-5,8H,1H3;2*1H;/q;;;+1/p-1. The molecular weight excluding hydrogens is 219 g/mol. The van der Waals surface area contributed by atoms with Crippen LogP contribution in [0.25, 0.3) is 0 Å². The van der Waals surface area contributed by atoms with Crippen LogP contribution in [0.4, 0.5) is 0 Å². The summed E-state index contributed by atoms with van der Waals surface area (Å²) in [5.41, 5.74) is 1.18. The van der Waals surface area contributed by atoms with Crippen molar-refractivity contribution in [2.45, 2.75) is 6.92 Å². The SMILES string of the molecule is Cc1ccccc1[O][Ti].Cl.Cl. The fraction of sp³-hybridized carbons (Fsp3) is 0.143. The summed E-state index contributed by atoms with van der Waals surface area (Å²) in [6.45, 7) is 2.03. The van der Waals surface area contributed by atoms with Gasteiger partial charge in [-0.15, -0.1) is 24.8 Å². The summed E-state index contributed by atoms with van der Waals surface area (Å²) in [6, 6.07) is 7.94. The summed E-state index contributed by atoms with van der Waals surface area (Å²) in [5, 5.41) is 0. The zero-order valence-corrected chi connectivity index (χ0v) is 9.23. The molecule has 0 bridgehead atoms. The van der Waals surface area contributed by atoms with E-state index < -0.39 is 0 Å². The maximum absolute atomic E-state index is 5.04. The molecule has 0 heterocycles. The van der Waals surface area contributed by atoms with Crippen molar-refractivity contribution in [3.8, 4) is 5.75 Å². The van der Waals surface area contributed by atoms with Gasteiger partial charge in [0, 0.05) is 0 Å². The van der Waals surface area contributed by atoms with Crippen molar-refractivity contribution in [3.05, 3.63) is 29.8 Å².